The van der Waals surface area contributed by atoms with Gasteiger partial charge in [0, 0.05) is 44.8 Å². The van der Waals surface area contributed by atoms with Gasteiger partial charge in [-0.05, 0) is 63.1 Å². The summed E-state index contributed by atoms with van der Waals surface area (Å²) in [6.45, 7) is 9.19. The van der Waals surface area contributed by atoms with Crippen LogP contribution in [0.2, 0.25) is 0 Å². The fourth-order valence-corrected chi connectivity index (χ4v) is 3.86. The van der Waals surface area contributed by atoms with Gasteiger partial charge < -0.3 is 15.4 Å². The Morgan fingerprint density at radius 1 is 1.31 bits per heavy atom. The molecule has 0 aromatic carbocycles. The van der Waals surface area contributed by atoms with E-state index < -0.39 is 0 Å². The lowest BCUT2D eigenvalue weighted by Gasteiger charge is -2.32. The number of guanidine groups is 1. The number of nitrogens with one attached hydrogen (secondary N) is 2. The quantitative estimate of drug-likeness (QED) is 0.226. The summed E-state index contributed by atoms with van der Waals surface area (Å²) in [6, 6.07) is 4.38. The Hall–Kier alpha value is -0.380. The van der Waals surface area contributed by atoms with Gasteiger partial charge in [0.05, 0.1) is 0 Å². The summed E-state index contributed by atoms with van der Waals surface area (Å²) >= 11 is 1.86. The van der Waals surface area contributed by atoms with Gasteiger partial charge in [0.15, 0.2) is 5.96 Å². The Morgan fingerprint density at radius 2 is 2.12 bits per heavy atom. The largest absolute Gasteiger partial charge is 0.382 e. The number of rotatable bonds is 10. The lowest BCUT2D eigenvalue weighted by atomic mass is 9.97. The second kappa shape index (κ2) is 14.6. The van der Waals surface area contributed by atoms with Crippen LogP contribution in [0, 0.1) is 5.92 Å². The van der Waals surface area contributed by atoms with Crippen LogP contribution < -0.4 is 10.6 Å². The van der Waals surface area contributed by atoms with Gasteiger partial charge in [0.25, 0.3) is 0 Å². The number of ether oxygens (including phenoxy) is 1. The standard InChI is InChI=1S/C19H34N4OS.HI/c1-3-24-13-5-4-10-21-19(20-2)22-15-17-8-11-23(12-9-17)16-18-7-6-14-25-18;/h6-7,14,17H,3-5,8-13,15-16H2,1-2H3,(H2,20,21,22);1H. The summed E-state index contributed by atoms with van der Waals surface area (Å²) in [7, 11) is 1.85. The zero-order valence-electron chi connectivity index (χ0n) is 16.2. The fourth-order valence-electron chi connectivity index (χ4n) is 3.11. The number of hydrogen-bond donors (Lipinski definition) is 2. The average molecular weight is 494 g/mol. The second-order valence-corrected chi connectivity index (χ2v) is 7.62. The summed E-state index contributed by atoms with van der Waals surface area (Å²) in [4.78, 5) is 8.38. The topological polar surface area (TPSA) is 48.9 Å². The van der Waals surface area contributed by atoms with Gasteiger partial charge in [0.1, 0.15) is 0 Å². The second-order valence-electron chi connectivity index (χ2n) is 6.58. The van der Waals surface area contributed by atoms with Crippen LogP contribution in [0.25, 0.3) is 0 Å². The molecule has 0 saturated carbocycles. The van der Waals surface area contributed by atoms with Gasteiger partial charge in [-0.15, -0.1) is 35.3 Å². The van der Waals surface area contributed by atoms with Crippen molar-refractivity contribution in [1.82, 2.24) is 15.5 Å². The van der Waals surface area contributed by atoms with Crippen molar-refractivity contribution in [3.05, 3.63) is 22.4 Å². The highest BCUT2D eigenvalue weighted by Crippen LogP contribution is 2.20. The van der Waals surface area contributed by atoms with Crippen LogP contribution in [0.5, 0.6) is 0 Å². The van der Waals surface area contributed by atoms with E-state index in [1.54, 1.807) is 0 Å². The molecule has 7 heteroatoms. The van der Waals surface area contributed by atoms with Crippen molar-refractivity contribution in [2.24, 2.45) is 10.9 Å². The van der Waals surface area contributed by atoms with Crippen LogP contribution in [-0.2, 0) is 11.3 Å². The maximum Gasteiger partial charge on any atom is 0.190 e. The van der Waals surface area contributed by atoms with Crippen molar-refractivity contribution in [2.45, 2.75) is 39.2 Å². The summed E-state index contributed by atoms with van der Waals surface area (Å²) in [6.07, 6.45) is 4.75. The predicted octanol–water partition coefficient (Wildman–Crippen LogP) is 3.56. The highest BCUT2D eigenvalue weighted by Gasteiger charge is 2.19. The third-order valence-electron chi connectivity index (χ3n) is 4.66. The maximum absolute atomic E-state index is 5.36. The first kappa shape index (κ1) is 23.7. The molecule has 0 amide bonds. The smallest absolute Gasteiger partial charge is 0.190 e. The molecule has 0 aliphatic carbocycles. The first-order chi connectivity index (χ1) is 12.3. The van der Waals surface area contributed by atoms with Crippen molar-refractivity contribution in [2.75, 3.05) is 46.4 Å². The van der Waals surface area contributed by atoms with Gasteiger partial charge in [-0.2, -0.15) is 0 Å². The van der Waals surface area contributed by atoms with Crippen molar-refractivity contribution >= 4 is 41.3 Å². The molecule has 2 rings (SSSR count). The molecule has 1 fully saturated rings. The minimum Gasteiger partial charge on any atom is -0.382 e. The predicted molar refractivity (Wildman–Crippen MR) is 123 cm³/mol. The molecule has 0 radical (unpaired) electrons. The monoisotopic (exact) mass is 494 g/mol. The Labute approximate surface area is 180 Å². The first-order valence-electron chi connectivity index (χ1n) is 9.58. The van der Waals surface area contributed by atoms with E-state index in [9.17, 15) is 0 Å². The van der Waals surface area contributed by atoms with Crippen LogP contribution >= 0.6 is 35.3 Å². The van der Waals surface area contributed by atoms with Gasteiger partial charge in [-0.3, -0.25) is 9.89 Å². The zero-order valence-corrected chi connectivity index (χ0v) is 19.4. The highest BCUT2D eigenvalue weighted by molar-refractivity contribution is 14.0. The number of hydrogen-bond acceptors (Lipinski definition) is 4. The van der Waals surface area contributed by atoms with E-state index in [0.717, 1.165) is 57.6 Å². The maximum atomic E-state index is 5.36. The van der Waals surface area contributed by atoms with Crippen LogP contribution in [0.1, 0.15) is 37.5 Å². The third kappa shape index (κ3) is 9.53. The summed E-state index contributed by atoms with van der Waals surface area (Å²) in [5, 5.41) is 9.06. The van der Waals surface area contributed by atoms with Gasteiger partial charge in [0.2, 0.25) is 0 Å². The molecule has 0 spiro atoms. The van der Waals surface area contributed by atoms with E-state index in [2.05, 4.69) is 38.0 Å². The number of nitrogens with zero attached hydrogens (tertiary/aromatic N) is 2. The molecule has 1 aliphatic heterocycles. The Balaban J connectivity index is 0.00000338. The molecule has 0 unspecified atom stereocenters. The lowest BCUT2D eigenvalue weighted by Crippen LogP contribution is -2.43. The van der Waals surface area contributed by atoms with Crippen molar-refractivity contribution in [3.63, 3.8) is 0 Å². The summed E-state index contributed by atoms with van der Waals surface area (Å²) < 4.78 is 5.36. The molecule has 5 nitrogen and oxygen atoms in total. The highest BCUT2D eigenvalue weighted by atomic mass is 127. The van der Waals surface area contributed by atoms with Crippen LogP contribution in [0.15, 0.2) is 22.5 Å². The molecule has 2 N–H and O–H groups in total. The molecule has 26 heavy (non-hydrogen) atoms. The zero-order chi connectivity index (χ0) is 17.7. The van der Waals surface area contributed by atoms with Crippen LogP contribution in [-0.4, -0.2) is 57.3 Å². The number of piperidine rings is 1. The van der Waals surface area contributed by atoms with Gasteiger partial charge >= 0.3 is 0 Å². The molecule has 1 aliphatic rings. The van der Waals surface area contributed by atoms with E-state index in [4.69, 9.17) is 4.74 Å². The van der Waals surface area contributed by atoms with E-state index in [0.29, 0.717) is 0 Å². The number of thiophene rings is 1. The summed E-state index contributed by atoms with van der Waals surface area (Å²) in [5.41, 5.74) is 0. The molecule has 1 aromatic rings. The Bertz CT molecular complexity index is 476. The average Bonchev–Trinajstić information content (AvgIpc) is 3.15. The summed E-state index contributed by atoms with van der Waals surface area (Å²) in [5.74, 6) is 1.67. The van der Waals surface area contributed by atoms with Crippen molar-refractivity contribution in [3.8, 4) is 0 Å². The SMILES string of the molecule is CCOCCCCNC(=NC)NCC1CCN(Cc2cccs2)CC1.I. The number of aliphatic imine (C=N–C) groups is 1. The lowest BCUT2D eigenvalue weighted by molar-refractivity contribution is 0.143. The first-order valence-corrected chi connectivity index (χ1v) is 10.5. The molecular weight excluding hydrogens is 459 g/mol. The Kier molecular flexibility index (Phi) is 13.3. The van der Waals surface area contributed by atoms with Crippen LogP contribution in [0.3, 0.4) is 0 Å². The van der Waals surface area contributed by atoms with E-state index in [1.165, 1.54) is 30.8 Å². The minimum absolute atomic E-state index is 0. The molecule has 1 aromatic heterocycles. The molecule has 0 bridgehead atoms. The number of likely N-dealkylation sites (tertiary alicyclic amines) is 1. The van der Waals surface area contributed by atoms with Crippen molar-refractivity contribution < 1.29 is 4.74 Å². The van der Waals surface area contributed by atoms with Gasteiger partial charge in [-0.1, -0.05) is 6.07 Å². The number of halogens is 1. The fraction of sp³-hybridized carbons (Fsp3) is 0.737. The van der Waals surface area contributed by atoms with E-state index in [1.807, 2.05) is 25.3 Å². The number of unbranched alkanes of at least 4 members (excludes halogenated alkanes) is 1. The molecular formula is C19H35IN4OS. The van der Waals surface area contributed by atoms with Crippen molar-refractivity contribution in [1.29, 1.82) is 0 Å². The molecule has 1 saturated heterocycles. The third-order valence-corrected chi connectivity index (χ3v) is 5.52. The van der Waals surface area contributed by atoms with Gasteiger partial charge in [-0.25, -0.2) is 0 Å². The van der Waals surface area contributed by atoms with Crippen LogP contribution in [0.4, 0.5) is 0 Å². The molecule has 2 heterocycles. The Morgan fingerprint density at radius 3 is 2.77 bits per heavy atom. The minimum atomic E-state index is 0. The van der Waals surface area contributed by atoms with E-state index in [-0.39, 0.29) is 24.0 Å². The van der Waals surface area contributed by atoms with E-state index >= 15 is 0 Å². The normalized spacial score (nSPS) is 16.3. The molecule has 150 valence electrons. The molecule has 0 atom stereocenters.